The van der Waals surface area contributed by atoms with E-state index in [1.54, 1.807) is 0 Å². The van der Waals surface area contributed by atoms with Crippen molar-refractivity contribution in [2.24, 2.45) is 0 Å². The van der Waals surface area contributed by atoms with Crippen LogP contribution in [0.4, 0.5) is 0 Å². The molecule has 2 aromatic heterocycles. The molecular weight excluding hydrogens is 250 g/mol. The lowest BCUT2D eigenvalue weighted by Gasteiger charge is -2.22. The van der Waals surface area contributed by atoms with Crippen molar-refractivity contribution in [2.45, 2.75) is 50.6 Å². The lowest BCUT2D eigenvalue weighted by Crippen LogP contribution is -2.33. The van der Waals surface area contributed by atoms with Crippen LogP contribution in [0.5, 0.6) is 0 Å². The zero-order valence-corrected chi connectivity index (χ0v) is 11.5. The number of nitrogens with one attached hydrogen (secondary N) is 2. The third-order valence-corrected chi connectivity index (χ3v) is 4.28. The van der Waals surface area contributed by atoms with Crippen molar-refractivity contribution in [3.8, 4) is 0 Å². The Morgan fingerprint density at radius 2 is 2.00 bits per heavy atom. The predicted molar refractivity (Wildman–Crippen MR) is 75.2 cm³/mol. The van der Waals surface area contributed by atoms with Gasteiger partial charge in [0.25, 0.3) is 0 Å². The zero-order chi connectivity index (χ0) is 13.4. The molecule has 0 aromatic carbocycles. The average molecular weight is 269 g/mol. The third kappa shape index (κ3) is 2.45. The molecule has 0 bridgehead atoms. The maximum absolute atomic E-state index is 4.47. The smallest absolute Gasteiger partial charge is 0.131 e. The number of nitrogens with zero attached hydrogens (tertiary/aromatic N) is 3. The summed E-state index contributed by atoms with van der Waals surface area (Å²) in [5.41, 5.74) is 3.83. The number of hydrogen-bond donors (Lipinski definition) is 2. The maximum atomic E-state index is 4.47. The van der Waals surface area contributed by atoms with E-state index < -0.39 is 0 Å². The summed E-state index contributed by atoms with van der Waals surface area (Å²) >= 11 is 0. The lowest BCUT2D eigenvalue weighted by molar-refractivity contribution is 0.454. The summed E-state index contributed by atoms with van der Waals surface area (Å²) in [7, 11) is 0. The monoisotopic (exact) mass is 269 g/mol. The Balaban J connectivity index is 1.34. The van der Waals surface area contributed by atoms with E-state index in [9.17, 15) is 0 Å². The largest absolute Gasteiger partial charge is 0.309 e. The maximum Gasteiger partial charge on any atom is 0.131 e. The summed E-state index contributed by atoms with van der Waals surface area (Å²) in [5.74, 6) is 1.66. The van der Waals surface area contributed by atoms with Gasteiger partial charge in [-0.2, -0.15) is 5.10 Å². The van der Waals surface area contributed by atoms with E-state index in [1.807, 2.05) is 18.6 Å². The Bertz CT molecular complexity index is 585. The first-order valence-electron chi connectivity index (χ1n) is 7.44. The van der Waals surface area contributed by atoms with Crippen LogP contribution in [-0.4, -0.2) is 26.2 Å². The molecule has 1 saturated carbocycles. The average Bonchev–Trinajstić information content (AvgIpc) is 3.23. The third-order valence-electron chi connectivity index (χ3n) is 4.28. The highest BCUT2D eigenvalue weighted by atomic mass is 15.1. The number of rotatable bonds is 4. The van der Waals surface area contributed by atoms with Crippen molar-refractivity contribution in [1.82, 2.24) is 25.5 Å². The van der Waals surface area contributed by atoms with Gasteiger partial charge in [0.05, 0.1) is 6.20 Å². The molecule has 5 nitrogen and oxygen atoms in total. The van der Waals surface area contributed by atoms with Gasteiger partial charge in [-0.3, -0.25) is 5.10 Å². The second kappa shape index (κ2) is 4.98. The van der Waals surface area contributed by atoms with Gasteiger partial charge < -0.3 is 5.32 Å². The van der Waals surface area contributed by atoms with E-state index >= 15 is 0 Å². The summed E-state index contributed by atoms with van der Waals surface area (Å²) in [6.07, 6.45) is 11.7. The molecule has 0 radical (unpaired) electrons. The Hall–Kier alpha value is -1.75. The van der Waals surface area contributed by atoms with E-state index in [0.29, 0.717) is 12.0 Å². The fourth-order valence-electron chi connectivity index (χ4n) is 2.86. The van der Waals surface area contributed by atoms with E-state index in [1.165, 1.54) is 29.7 Å². The van der Waals surface area contributed by atoms with Crippen LogP contribution >= 0.6 is 0 Å². The van der Waals surface area contributed by atoms with Crippen molar-refractivity contribution in [3.63, 3.8) is 0 Å². The van der Waals surface area contributed by atoms with E-state index in [2.05, 4.69) is 25.5 Å². The minimum absolute atomic E-state index is 0.531. The van der Waals surface area contributed by atoms with Gasteiger partial charge in [0.15, 0.2) is 0 Å². The molecule has 2 heterocycles. The SMILES string of the molecule is c1nc(C2CC2)ncc1CNC1CCc2[nH]ncc2C1. The molecule has 0 saturated heterocycles. The quantitative estimate of drug-likeness (QED) is 0.887. The molecule has 2 N–H and O–H groups in total. The van der Waals surface area contributed by atoms with Crippen LogP contribution in [0.1, 0.15) is 47.8 Å². The van der Waals surface area contributed by atoms with Crippen LogP contribution in [0.15, 0.2) is 18.6 Å². The van der Waals surface area contributed by atoms with Crippen LogP contribution in [-0.2, 0) is 19.4 Å². The van der Waals surface area contributed by atoms with Gasteiger partial charge in [0, 0.05) is 42.2 Å². The molecule has 1 atom stereocenters. The second-order valence-electron chi connectivity index (χ2n) is 5.92. The summed E-state index contributed by atoms with van der Waals surface area (Å²) in [5, 5.41) is 10.8. The fraction of sp³-hybridized carbons (Fsp3) is 0.533. The summed E-state index contributed by atoms with van der Waals surface area (Å²) in [6, 6.07) is 0.531. The van der Waals surface area contributed by atoms with Crippen LogP contribution in [0.25, 0.3) is 0 Å². The Morgan fingerprint density at radius 3 is 2.80 bits per heavy atom. The summed E-state index contributed by atoms with van der Waals surface area (Å²) in [6.45, 7) is 0.850. The van der Waals surface area contributed by atoms with Crippen LogP contribution in [0.3, 0.4) is 0 Å². The van der Waals surface area contributed by atoms with Crippen molar-refractivity contribution >= 4 is 0 Å². The fourth-order valence-corrected chi connectivity index (χ4v) is 2.86. The first-order chi connectivity index (χ1) is 9.88. The predicted octanol–water partition coefficient (Wildman–Crippen LogP) is 1.72. The molecule has 0 aliphatic heterocycles. The normalized spacial score (nSPS) is 21.7. The molecule has 2 aliphatic rings. The standard InChI is InChI=1S/C15H19N5/c1-2-11(1)15-17-7-10(8-18-15)6-16-13-3-4-14-12(5-13)9-19-20-14/h7-9,11,13,16H,1-6H2,(H,19,20). The number of hydrogen-bond acceptors (Lipinski definition) is 4. The van der Waals surface area contributed by atoms with Gasteiger partial charge in [0.1, 0.15) is 5.82 Å². The molecule has 2 aromatic rings. The van der Waals surface area contributed by atoms with Crippen molar-refractivity contribution in [1.29, 1.82) is 0 Å². The topological polar surface area (TPSA) is 66.5 Å². The Morgan fingerprint density at radius 1 is 1.15 bits per heavy atom. The highest BCUT2D eigenvalue weighted by molar-refractivity contribution is 5.21. The lowest BCUT2D eigenvalue weighted by atomic mass is 9.93. The van der Waals surface area contributed by atoms with Crippen LogP contribution in [0, 0.1) is 0 Å². The Labute approximate surface area is 118 Å². The van der Waals surface area contributed by atoms with E-state index in [0.717, 1.165) is 31.6 Å². The molecular formula is C15H19N5. The number of H-pyrrole nitrogens is 1. The summed E-state index contributed by atoms with van der Waals surface area (Å²) in [4.78, 5) is 8.93. The number of aromatic nitrogens is 4. The highest BCUT2D eigenvalue weighted by Crippen LogP contribution is 2.37. The number of aromatic amines is 1. The first-order valence-corrected chi connectivity index (χ1v) is 7.44. The molecule has 2 aliphatic carbocycles. The van der Waals surface area contributed by atoms with Gasteiger partial charge >= 0.3 is 0 Å². The van der Waals surface area contributed by atoms with Crippen molar-refractivity contribution in [2.75, 3.05) is 0 Å². The molecule has 1 unspecified atom stereocenters. The van der Waals surface area contributed by atoms with Gasteiger partial charge in [-0.1, -0.05) is 0 Å². The van der Waals surface area contributed by atoms with Gasteiger partial charge in [-0.05, 0) is 37.7 Å². The molecule has 5 heteroatoms. The number of aryl methyl sites for hydroxylation is 1. The zero-order valence-electron chi connectivity index (χ0n) is 11.5. The molecule has 20 heavy (non-hydrogen) atoms. The van der Waals surface area contributed by atoms with E-state index in [4.69, 9.17) is 0 Å². The molecule has 1 fully saturated rings. The van der Waals surface area contributed by atoms with E-state index in [-0.39, 0.29) is 0 Å². The van der Waals surface area contributed by atoms with Gasteiger partial charge in [-0.15, -0.1) is 0 Å². The Kier molecular flexibility index (Phi) is 2.99. The first kappa shape index (κ1) is 12.0. The highest BCUT2D eigenvalue weighted by Gasteiger charge is 2.26. The summed E-state index contributed by atoms with van der Waals surface area (Å²) < 4.78 is 0. The minimum Gasteiger partial charge on any atom is -0.309 e. The van der Waals surface area contributed by atoms with Crippen molar-refractivity contribution in [3.05, 3.63) is 41.2 Å². The molecule has 4 rings (SSSR count). The van der Waals surface area contributed by atoms with Gasteiger partial charge in [-0.25, -0.2) is 9.97 Å². The minimum atomic E-state index is 0.531. The second-order valence-corrected chi connectivity index (χ2v) is 5.92. The molecule has 0 spiro atoms. The van der Waals surface area contributed by atoms with Crippen molar-refractivity contribution < 1.29 is 0 Å². The van der Waals surface area contributed by atoms with Crippen LogP contribution in [0.2, 0.25) is 0 Å². The van der Waals surface area contributed by atoms with Gasteiger partial charge in [0.2, 0.25) is 0 Å². The molecule has 104 valence electrons. The number of fused-ring (bicyclic) bond motifs is 1. The molecule has 0 amide bonds. The van der Waals surface area contributed by atoms with Crippen LogP contribution < -0.4 is 5.32 Å².